The number of allylic oxidation sites excluding steroid dienone is 3. The Labute approximate surface area is 93.1 Å². The zero-order valence-electron chi connectivity index (χ0n) is 9.71. The molecule has 2 heteroatoms. The number of hydrogen-bond acceptors (Lipinski definition) is 2. The van der Waals surface area contributed by atoms with Crippen molar-refractivity contribution in [3.63, 3.8) is 0 Å². The molecular formula is C13H23NO. The van der Waals surface area contributed by atoms with Gasteiger partial charge in [-0.1, -0.05) is 30.7 Å². The normalized spacial score (nSPS) is 21.2. The highest BCUT2D eigenvalue weighted by molar-refractivity contribution is 5.21. The van der Waals surface area contributed by atoms with Gasteiger partial charge in [0.2, 0.25) is 0 Å². The highest BCUT2D eigenvalue weighted by atomic mass is 16.3. The third-order valence-corrected chi connectivity index (χ3v) is 2.77. The maximum atomic E-state index is 8.62. The molecule has 1 atom stereocenters. The maximum absolute atomic E-state index is 8.62. The van der Waals surface area contributed by atoms with E-state index in [9.17, 15) is 0 Å². The highest BCUT2D eigenvalue weighted by Gasteiger charge is 2.02. The number of aliphatic hydroxyl groups excluding tert-OH is 1. The first-order chi connectivity index (χ1) is 7.33. The third-order valence-electron chi connectivity index (χ3n) is 2.77. The number of aliphatic hydroxyl groups is 1. The summed E-state index contributed by atoms with van der Waals surface area (Å²) in [6.07, 6.45) is 11.4. The van der Waals surface area contributed by atoms with Crippen molar-refractivity contribution in [2.24, 2.45) is 5.92 Å². The van der Waals surface area contributed by atoms with Crippen LogP contribution in [-0.2, 0) is 0 Å². The lowest BCUT2D eigenvalue weighted by atomic mass is 10.1. The molecule has 1 aliphatic rings. The molecule has 0 bridgehead atoms. The molecule has 86 valence electrons. The Kier molecular flexibility index (Phi) is 6.37. The molecule has 0 unspecified atom stereocenters. The quantitative estimate of drug-likeness (QED) is 0.658. The van der Waals surface area contributed by atoms with Crippen molar-refractivity contribution in [2.75, 3.05) is 19.7 Å². The number of nitrogens with one attached hydrogen (secondary N) is 1. The molecule has 0 aromatic rings. The van der Waals surface area contributed by atoms with Gasteiger partial charge in [-0.2, -0.15) is 0 Å². The number of rotatable bonds is 6. The molecule has 1 aliphatic carbocycles. The van der Waals surface area contributed by atoms with Gasteiger partial charge in [-0.3, -0.25) is 0 Å². The van der Waals surface area contributed by atoms with E-state index in [1.807, 2.05) is 0 Å². The molecule has 2 nitrogen and oxygen atoms in total. The summed E-state index contributed by atoms with van der Waals surface area (Å²) in [6.45, 7) is 4.49. The summed E-state index contributed by atoms with van der Waals surface area (Å²) in [4.78, 5) is 0. The second-order valence-electron chi connectivity index (χ2n) is 4.27. The monoisotopic (exact) mass is 209 g/mol. The molecule has 0 aromatic carbocycles. The molecule has 0 aromatic heterocycles. The first kappa shape index (κ1) is 12.5. The molecule has 0 aliphatic heterocycles. The second-order valence-corrected chi connectivity index (χ2v) is 4.27. The van der Waals surface area contributed by atoms with Crippen LogP contribution in [0.2, 0.25) is 0 Å². The molecule has 0 fully saturated rings. The molecule has 2 N–H and O–H groups in total. The predicted molar refractivity (Wildman–Crippen MR) is 64.8 cm³/mol. The molecule has 0 saturated heterocycles. The molecule has 0 heterocycles. The van der Waals surface area contributed by atoms with Gasteiger partial charge in [0.1, 0.15) is 0 Å². The summed E-state index contributed by atoms with van der Waals surface area (Å²) in [5.41, 5.74) is 1.45. The van der Waals surface area contributed by atoms with Crippen LogP contribution >= 0.6 is 0 Å². The minimum absolute atomic E-state index is 0.285. The van der Waals surface area contributed by atoms with Crippen LogP contribution in [0.15, 0.2) is 23.8 Å². The molecule has 0 spiro atoms. The van der Waals surface area contributed by atoms with Gasteiger partial charge in [0.25, 0.3) is 0 Å². The number of hydrogen-bond donors (Lipinski definition) is 2. The van der Waals surface area contributed by atoms with Gasteiger partial charge < -0.3 is 10.4 Å². The van der Waals surface area contributed by atoms with Gasteiger partial charge in [0.15, 0.2) is 0 Å². The van der Waals surface area contributed by atoms with E-state index >= 15 is 0 Å². The van der Waals surface area contributed by atoms with Crippen molar-refractivity contribution >= 4 is 0 Å². The summed E-state index contributed by atoms with van der Waals surface area (Å²) >= 11 is 0. The maximum Gasteiger partial charge on any atom is 0.0443 e. The zero-order valence-corrected chi connectivity index (χ0v) is 9.71. The molecule has 0 radical (unpaired) electrons. The van der Waals surface area contributed by atoms with Gasteiger partial charge in [-0.05, 0) is 44.7 Å². The van der Waals surface area contributed by atoms with E-state index in [1.165, 1.54) is 18.4 Å². The fourth-order valence-corrected chi connectivity index (χ4v) is 1.73. The fraction of sp³-hybridized carbons (Fsp3) is 0.692. The summed E-state index contributed by atoms with van der Waals surface area (Å²) in [6, 6.07) is 0. The lowest BCUT2D eigenvalue weighted by Crippen LogP contribution is -2.17. The Morgan fingerprint density at radius 1 is 1.47 bits per heavy atom. The van der Waals surface area contributed by atoms with E-state index in [0.717, 1.165) is 31.8 Å². The molecular weight excluding hydrogens is 186 g/mol. The van der Waals surface area contributed by atoms with Crippen molar-refractivity contribution in [3.8, 4) is 0 Å². The first-order valence-electron chi connectivity index (χ1n) is 6.01. The van der Waals surface area contributed by atoms with Crippen LogP contribution in [0.4, 0.5) is 0 Å². The smallest absolute Gasteiger partial charge is 0.0443 e. The van der Waals surface area contributed by atoms with E-state index in [1.54, 1.807) is 0 Å². The topological polar surface area (TPSA) is 32.3 Å². The van der Waals surface area contributed by atoms with Crippen LogP contribution in [0.3, 0.4) is 0 Å². The van der Waals surface area contributed by atoms with Crippen molar-refractivity contribution in [1.29, 1.82) is 0 Å². The Morgan fingerprint density at radius 3 is 3.13 bits per heavy atom. The average Bonchev–Trinajstić information content (AvgIpc) is 2.43. The van der Waals surface area contributed by atoms with Gasteiger partial charge in [0.05, 0.1) is 0 Å². The van der Waals surface area contributed by atoms with Crippen LogP contribution < -0.4 is 5.32 Å². The van der Waals surface area contributed by atoms with Crippen molar-refractivity contribution < 1.29 is 5.11 Å². The Hall–Kier alpha value is -0.600. The van der Waals surface area contributed by atoms with Crippen LogP contribution in [-0.4, -0.2) is 24.8 Å². The summed E-state index contributed by atoms with van der Waals surface area (Å²) in [5, 5.41) is 11.9. The van der Waals surface area contributed by atoms with E-state index < -0.39 is 0 Å². The molecule has 1 rings (SSSR count). The minimum Gasteiger partial charge on any atom is -0.396 e. The highest BCUT2D eigenvalue weighted by Crippen LogP contribution is 2.17. The summed E-state index contributed by atoms with van der Waals surface area (Å²) < 4.78 is 0. The fourth-order valence-electron chi connectivity index (χ4n) is 1.73. The Balaban J connectivity index is 2.14. The van der Waals surface area contributed by atoms with Crippen molar-refractivity contribution in [1.82, 2.24) is 5.32 Å². The minimum atomic E-state index is 0.285. The Morgan fingerprint density at radius 2 is 2.33 bits per heavy atom. The summed E-state index contributed by atoms with van der Waals surface area (Å²) in [5.74, 6) is 0.723. The van der Waals surface area contributed by atoms with Crippen LogP contribution in [0, 0.1) is 5.92 Å². The van der Waals surface area contributed by atoms with Crippen LogP contribution in [0.5, 0.6) is 0 Å². The van der Waals surface area contributed by atoms with Gasteiger partial charge in [-0.25, -0.2) is 0 Å². The molecule has 0 amide bonds. The SMILES string of the molecule is C[C@H]1C=CC(CCNCCCO)=CCC1. The van der Waals surface area contributed by atoms with E-state index in [2.05, 4.69) is 30.5 Å². The van der Waals surface area contributed by atoms with Crippen LogP contribution in [0.25, 0.3) is 0 Å². The standard InChI is InChI=1S/C13H23NO/c1-12-4-2-5-13(7-6-12)8-10-14-9-3-11-15/h5-7,12,14-15H,2-4,8-11H2,1H3/t12-/m1/s1. The first-order valence-corrected chi connectivity index (χ1v) is 6.01. The largest absolute Gasteiger partial charge is 0.396 e. The van der Waals surface area contributed by atoms with Crippen LogP contribution in [0.1, 0.15) is 32.6 Å². The van der Waals surface area contributed by atoms with E-state index in [0.29, 0.717) is 0 Å². The Bertz CT molecular complexity index is 221. The third kappa shape index (κ3) is 5.75. The van der Waals surface area contributed by atoms with Crippen molar-refractivity contribution in [2.45, 2.75) is 32.6 Å². The lowest BCUT2D eigenvalue weighted by Gasteiger charge is -2.03. The van der Waals surface area contributed by atoms with E-state index in [4.69, 9.17) is 5.11 Å². The lowest BCUT2D eigenvalue weighted by molar-refractivity contribution is 0.286. The van der Waals surface area contributed by atoms with Gasteiger partial charge in [-0.15, -0.1) is 0 Å². The van der Waals surface area contributed by atoms with Gasteiger partial charge >= 0.3 is 0 Å². The summed E-state index contributed by atoms with van der Waals surface area (Å²) in [7, 11) is 0. The zero-order chi connectivity index (χ0) is 10.9. The predicted octanol–water partition coefficient (Wildman–Crippen LogP) is 2.26. The molecule has 15 heavy (non-hydrogen) atoms. The van der Waals surface area contributed by atoms with Crippen molar-refractivity contribution in [3.05, 3.63) is 23.8 Å². The van der Waals surface area contributed by atoms with Gasteiger partial charge in [0, 0.05) is 6.61 Å². The second kappa shape index (κ2) is 7.66. The van der Waals surface area contributed by atoms with E-state index in [-0.39, 0.29) is 6.61 Å². The average molecular weight is 209 g/mol. The molecule has 0 saturated carbocycles.